The first-order valence-electron chi connectivity index (χ1n) is 15.9. The molecule has 0 bridgehead atoms. The Balaban J connectivity index is 1.24. The van der Waals surface area contributed by atoms with Gasteiger partial charge in [0.15, 0.2) is 0 Å². The Labute approximate surface area is 239 Å². The molecule has 4 aliphatic carbocycles. The third kappa shape index (κ3) is 5.98. The number of allylic oxidation sites excluding steroid dienone is 1. The van der Waals surface area contributed by atoms with Crippen LogP contribution in [0.5, 0.6) is 0 Å². The molecule has 0 aliphatic heterocycles. The highest BCUT2D eigenvalue weighted by Crippen LogP contribution is 2.67. The molecule has 39 heavy (non-hydrogen) atoms. The first-order chi connectivity index (χ1) is 18.5. The summed E-state index contributed by atoms with van der Waals surface area (Å²) in [6, 6.07) is 9.54. The Morgan fingerprint density at radius 3 is 2.49 bits per heavy atom. The third-order valence-electron chi connectivity index (χ3n) is 11.8. The molecule has 1 aromatic carbocycles. The van der Waals surface area contributed by atoms with E-state index in [1.165, 1.54) is 62.3 Å². The van der Waals surface area contributed by atoms with E-state index in [2.05, 4.69) is 40.7 Å². The molecule has 0 amide bonds. The fourth-order valence-electron chi connectivity index (χ4n) is 9.68. The Hall–Kier alpha value is -1.39. The zero-order valence-electron chi connectivity index (χ0n) is 25.1. The zero-order valence-corrected chi connectivity index (χ0v) is 25.9. The van der Waals surface area contributed by atoms with Crippen LogP contribution in [0, 0.1) is 46.3 Å². The second kappa shape index (κ2) is 11.5. The SMILES string of the molecule is CC(C)CCC[C@@H](C)[C@H]1CC[C@H]2[C@@H]3CC=C4C[C@@H](OS(=O)(=O)/C=C/c5ccccc5)CC[C@]4(C)[C@H]3CC[C@]12C. The van der Waals surface area contributed by atoms with Crippen molar-refractivity contribution in [2.75, 3.05) is 0 Å². The molecule has 0 spiro atoms. The minimum Gasteiger partial charge on any atom is -0.263 e. The molecular weight excluding hydrogens is 500 g/mol. The standard InChI is InChI=1S/C35H52O3S/c1-25(2)10-9-11-26(3)31-16-17-32-30-15-14-28-24-29(18-21-34(28,4)33(30)19-22-35(31,32)5)38-39(36,37)23-20-27-12-7-6-8-13-27/h6-8,12-14,20,23,25-26,29-33H,9-11,15-19,21-22,24H2,1-5H3/b23-20+/t26-,29+,30+,31-,32+,33+,34+,35-/m1/s1. The summed E-state index contributed by atoms with van der Waals surface area (Å²) in [7, 11) is -3.71. The maximum Gasteiger partial charge on any atom is 0.290 e. The van der Waals surface area contributed by atoms with E-state index in [9.17, 15) is 8.42 Å². The highest BCUT2D eigenvalue weighted by atomic mass is 32.2. The Morgan fingerprint density at radius 2 is 1.74 bits per heavy atom. The molecule has 0 N–H and O–H groups in total. The van der Waals surface area contributed by atoms with Gasteiger partial charge in [0.25, 0.3) is 10.1 Å². The van der Waals surface area contributed by atoms with Crippen molar-refractivity contribution >= 4 is 16.2 Å². The van der Waals surface area contributed by atoms with Gasteiger partial charge in [-0.1, -0.05) is 95.9 Å². The fraction of sp³-hybridized carbons (Fsp3) is 0.714. The van der Waals surface area contributed by atoms with E-state index >= 15 is 0 Å². The molecule has 3 fully saturated rings. The minimum atomic E-state index is -3.71. The monoisotopic (exact) mass is 552 g/mol. The van der Waals surface area contributed by atoms with Crippen LogP contribution in [-0.4, -0.2) is 14.5 Å². The average Bonchev–Trinajstić information content (AvgIpc) is 3.25. The second-order valence-corrected chi connectivity index (χ2v) is 15.9. The summed E-state index contributed by atoms with van der Waals surface area (Å²) in [4.78, 5) is 0. The first kappa shape index (κ1) is 29.1. The van der Waals surface area contributed by atoms with Crippen molar-refractivity contribution in [1.82, 2.24) is 0 Å². The number of hydrogen-bond donors (Lipinski definition) is 0. The lowest BCUT2D eigenvalue weighted by molar-refractivity contribution is -0.0556. The van der Waals surface area contributed by atoms with Gasteiger partial charge in [0.1, 0.15) is 0 Å². The van der Waals surface area contributed by atoms with Gasteiger partial charge in [-0.2, -0.15) is 8.42 Å². The van der Waals surface area contributed by atoms with Crippen LogP contribution in [0.2, 0.25) is 0 Å². The van der Waals surface area contributed by atoms with Gasteiger partial charge in [0.2, 0.25) is 0 Å². The van der Waals surface area contributed by atoms with Crippen LogP contribution in [0.15, 0.2) is 47.4 Å². The topological polar surface area (TPSA) is 43.4 Å². The van der Waals surface area contributed by atoms with E-state index in [1.807, 2.05) is 30.3 Å². The van der Waals surface area contributed by atoms with Crippen molar-refractivity contribution in [2.45, 2.75) is 111 Å². The van der Waals surface area contributed by atoms with Crippen molar-refractivity contribution in [3.8, 4) is 0 Å². The van der Waals surface area contributed by atoms with Gasteiger partial charge in [-0.25, -0.2) is 0 Å². The molecule has 0 aromatic heterocycles. The molecule has 8 atom stereocenters. The van der Waals surface area contributed by atoms with Gasteiger partial charge < -0.3 is 0 Å². The summed E-state index contributed by atoms with van der Waals surface area (Å²) in [5.41, 5.74) is 3.04. The number of hydrogen-bond acceptors (Lipinski definition) is 3. The van der Waals surface area contributed by atoms with Crippen molar-refractivity contribution in [1.29, 1.82) is 0 Å². The number of fused-ring (bicyclic) bond motifs is 5. The molecule has 0 saturated heterocycles. The Morgan fingerprint density at radius 1 is 0.974 bits per heavy atom. The molecule has 0 radical (unpaired) electrons. The van der Waals surface area contributed by atoms with Crippen molar-refractivity contribution < 1.29 is 12.6 Å². The lowest BCUT2D eigenvalue weighted by Crippen LogP contribution is -2.51. The van der Waals surface area contributed by atoms with Crippen molar-refractivity contribution in [3.05, 3.63) is 53.0 Å². The quantitative estimate of drug-likeness (QED) is 0.226. The molecule has 0 unspecified atom stereocenters. The van der Waals surface area contributed by atoms with Crippen LogP contribution in [0.4, 0.5) is 0 Å². The van der Waals surface area contributed by atoms with Crippen LogP contribution in [0.25, 0.3) is 6.08 Å². The Bertz CT molecular complexity index is 1150. The Kier molecular flexibility index (Phi) is 8.57. The minimum absolute atomic E-state index is 0.203. The fourth-order valence-corrected chi connectivity index (χ4v) is 10.6. The van der Waals surface area contributed by atoms with Gasteiger partial charge in [-0.3, -0.25) is 4.18 Å². The molecule has 5 rings (SSSR count). The van der Waals surface area contributed by atoms with Crippen LogP contribution < -0.4 is 0 Å². The lowest BCUT2D eigenvalue weighted by Gasteiger charge is -2.58. The molecule has 3 saturated carbocycles. The van der Waals surface area contributed by atoms with E-state index < -0.39 is 10.1 Å². The predicted octanol–water partition coefficient (Wildman–Crippen LogP) is 9.41. The van der Waals surface area contributed by atoms with E-state index in [0.29, 0.717) is 5.41 Å². The van der Waals surface area contributed by atoms with Gasteiger partial charge in [0, 0.05) is 0 Å². The molecule has 1 aromatic rings. The van der Waals surface area contributed by atoms with Crippen LogP contribution in [0.1, 0.15) is 111 Å². The van der Waals surface area contributed by atoms with E-state index in [4.69, 9.17) is 4.18 Å². The maximum absolute atomic E-state index is 12.8. The van der Waals surface area contributed by atoms with E-state index in [-0.39, 0.29) is 11.5 Å². The second-order valence-electron chi connectivity index (χ2n) is 14.5. The highest BCUT2D eigenvalue weighted by molar-refractivity contribution is 7.89. The molecular formula is C35H52O3S. The summed E-state index contributed by atoms with van der Waals surface area (Å²) >= 11 is 0. The van der Waals surface area contributed by atoms with Gasteiger partial charge >= 0.3 is 0 Å². The van der Waals surface area contributed by atoms with Gasteiger partial charge in [-0.15, -0.1) is 0 Å². The summed E-state index contributed by atoms with van der Waals surface area (Å²) < 4.78 is 31.3. The van der Waals surface area contributed by atoms with E-state index in [1.54, 1.807) is 6.08 Å². The zero-order chi connectivity index (χ0) is 27.8. The highest BCUT2D eigenvalue weighted by Gasteiger charge is 2.59. The van der Waals surface area contributed by atoms with Crippen LogP contribution in [-0.2, 0) is 14.3 Å². The smallest absolute Gasteiger partial charge is 0.263 e. The number of benzene rings is 1. The summed E-state index contributed by atoms with van der Waals surface area (Å²) in [6.07, 6.45) is 17.4. The first-order valence-corrected chi connectivity index (χ1v) is 17.3. The summed E-state index contributed by atoms with van der Waals surface area (Å²) in [5, 5.41) is 1.23. The molecule has 4 heteroatoms. The predicted molar refractivity (Wildman–Crippen MR) is 162 cm³/mol. The van der Waals surface area contributed by atoms with Crippen molar-refractivity contribution in [2.24, 2.45) is 46.3 Å². The van der Waals surface area contributed by atoms with Crippen LogP contribution >= 0.6 is 0 Å². The summed E-state index contributed by atoms with van der Waals surface area (Å²) in [6.45, 7) is 12.4. The molecule has 4 aliphatic rings. The largest absolute Gasteiger partial charge is 0.290 e. The summed E-state index contributed by atoms with van der Waals surface area (Å²) in [5.74, 6) is 4.91. The normalized spacial score (nSPS) is 37.3. The van der Waals surface area contributed by atoms with Crippen LogP contribution in [0.3, 0.4) is 0 Å². The molecule has 3 nitrogen and oxygen atoms in total. The molecule has 0 heterocycles. The van der Waals surface area contributed by atoms with Gasteiger partial charge in [-0.05, 0) is 109 Å². The number of rotatable bonds is 9. The average molecular weight is 553 g/mol. The van der Waals surface area contributed by atoms with E-state index in [0.717, 1.165) is 60.3 Å². The molecule has 216 valence electrons. The maximum atomic E-state index is 12.8. The van der Waals surface area contributed by atoms with Gasteiger partial charge in [0.05, 0.1) is 11.5 Å². The van der Waals surface area contributed by atoms with Crippen molar-refractivity contribution in [3.63, 3.8) is 0 Å². The lowest BCUT2D eigenvalue weighted by atomic mass is 9.47. The third-order valence-corrected chi connectivity index (χ3v) is 12.8.